The van der Waals surface area contributed by atoms with E-state index in [-0.39, 0.29) is 4.90 Å². The number of hydrogen-bond donors (Lipinski definition) is 0. The Morgan fingerprint density at radius 3 is 2.31 bits per heavy atom. The summed E-state index contributed by atoms with van der Waals surface area (Å²) in [5.41, 5.74) is 0. The molecule has 140 valence electrons. The first-order valence-corrected chi connectivity index (χ1v) is 10.9. The van der Waals surface area contributed by atoms with E-state index in [2.05, 4.69) is 19.8 Å². The highest BCUT2D eigenvalue weighted by molar-refractivity contribution is 7.89. The van der Waals surface area contributed by atoms with Crippen LogP contribution in [0.5, 0.6) is 0 Å². The quantitative estimate of drug-likeness (QED) is 0.761. The Morgan fingerprint density at radius 2 is 1.69 bits per heavy atom. The summed E-state index contributed by atoms with van der Waals surface area (Å²) < 4.78 is 32.0. The van der Waals surface area contributed by atoms with Crippen molar-refractivity contribution in [2.45, 2.75) is 4.90 Å². The summed E-state index contributed by atoms with van der Waals surface area (Å²) in [7, 11) is -3.49. The van der Waals surface area contributed by atoms with Gasteiger partial charge in [-0.05, 0) is 12.1 Å². The van der Waals surface area contributed by atoms with E-state index in [4.69, 9.17) is 4.74 Å². The van der Waals surface area contributed by atoms with Gasteiger partial charge in [0.2, 0.25) is 10.0 Å². The van der Waals surface area contributed by atoms with Crippen molar-refractivity contribution in [3.63, 3.8) is 0 Å². The average Bonchev–Trinajstić information content (AvgIpc) is 3.24. The van der Waals surface area contributed by atoms with E-state index >= 15 is 0 Å². The van der Waals surface area contributed by atoms with Gasteiger partial charge < -0.3 is 14.5 Å². The lowest BCUT2D eigenvalue weighted by molar-refractivity contribution is 0.0730. The first kappa shape index (κ1) is 17.7. The van der Waals surface area contributed by atoms with Gasteiger partial charge in [0.15, 0.2) is 5.13 Å². The Morgan fingerprint density at radius 1 is 0.962 bits per heavy atom. The molecule has 2 fully saturated rings. The zero-order valence-electron chi connectivity index (χ0n) is 14.3. The predicted octanol–water partition coefficient (Wildman–Crippen LogP) is 0.886. The van der Waals surface area contributed by atoms with Gasteiger partial charge in [0.25, 0.3) is 0 Å². The largest absolute Gasteiger partial charge is 0.379 e. The van der Waals surface area contributed by atoms with E-state index in [9.17, 15) is 8.42 Å². The Labute approximate surface area is 157 Å². The summed E-state index contributed by atoms with van der Waals surface area (Å²) >= 11 is 1.65. The SMILES string of the molecule is O=S(=O)(c1ccc(N2CCN(c3nccs3)CC2)nc1)N1CCOCC1. The molecule has 2 saturated heterocycles. The number of anilines is 2. The third-order valence-electron chi connectivity index (χ3n) is 4.62. The Hall–Kier alpha value is -1.75. The minimum atomic E-state index is -3.49. The Kier molecular flexibility index (Phi) is 5.07. The molecule has 0 amide bonds. The second-order valence-corrected chi connectivity index (χ2v) is 8.97. The standard InChI is InChI=1S/C16H21N5O3S2/c22-26(23,21-8-10-24-11-9-21)14-1-2-15(18-13-14)19-4-6-20(7-5-19)16-17-3-12-25-16/h1-3,12-13H,4-11H2. The lowest BCUT2D eigenvalue weighted by Crippen LogP contribution is -2.46. The molecular weight excluding hydrogens is 374 g/mol. The number of piperazine rings is 1. The highest BCUT2D eigenvalue weighted by Gasteiger charge is 2.27. The fourth-order valence-corrected chi connectivity index (χ4v) is 5.20. The van der Waals surface area contributed by atoms with Crippen LogP contribution in [0.25, 0.3) is 0 Å². The van der Waals surface area contributed by atoms with Gasteiger partial charge in [0.1, 0.15) is 10.7 Å². The molecule has 10 heteroatoms. The molecule has 2 aliphatic heterocycles. The minimum absolute atomic E-state index is 0.240. The number of ether oxygens (including phenoxy) is 1. The summed E-state index contributed by atoms with van der Waals surface area (Å²) in [5.74, 6) is 0.810. The third-order valence-corrected chi connectivity index (χ3v) is 7.34. The van der Waals surface area contributed by atoms with Crippen LogP contribution in [0.2, 0.25) is 0 Å². The smallest absolute Gasteiger partial charge is 0.244 e. The molecule has 2 aromatic rings. The Balaban J connectivity index is 1.42. The van der Waals surface area contributed by atoms with Gasteiger partial charge in [0, 0.05) is 57.0 Å². The summed E-state index contributed by atoms with van der Waals surface area (Å²) in [6, 6.07) is 3.45. The first-order valence-electron chi connectivity index (χ1n) is 8.58. The number of morpholine rings is 1. The lowest BCUT2D eigenvalue weighted by atomic mass is 10.3. The first-order chi connectivity index (χ1) is 12.6. The molecule has 4 rings (SSSR count). The van der Waals surface area contributed by atoms with Crippen molar-refractivity contribution in [3.8, 4) is 0 Å². The topological polar surface area (TPSA) is 78.9 Å². The van der Waals surface area contributed by atoms with E-state index in [0.717, 1.165) is 37.1 Å². The van der Waals surface area contributed by atoms with Crippen molar-refractivity contribution in [3.05, 3.63) is 29.9 Å². The van der Waals surface area contributed by atoms with Gasteiger partial charge in [0.05, 0.1) is 13.2 Å². The number of aromatic nitrogens is 2. The fourth-order valence-electron chi connectivity index (χ4n) is 3.15. The summed E-state index contributed by atoms with van der Waals surface area (Å²) in [5, 5.41) is 3.03. The molecule has 0 unspecified atom stereocenters. The fraction of sp³-hybridized carbons (Fsp3) is 0.500. The maximum atomic E-state index is 12.7. The lowest BCUT2D eigenvalue weighted by Gasteiger charge is -2.35. The van der Waals surface area contributed by atoms with Gasteiger partial charge in [-0.1, -0.05) is 0 Å². The maximum Gasteiger partial charge on any atom is 0.244 e. The van der Waals surface area contributed by atoms with Crippen LogP contribution >= 0.6 is 11.3 Å². The van der Waals surface area contributed by atoms with Crippen LogP contribution in [0.4, 0.5) is 10.9 Å². The molecule has 26 heavy (non-hydrogen) atoms. The number of sulfonamides is 1. The molecule has 0 aliphatic carbocycles. The molecule has 2 aliphatic rings. The molecule has 0 saturated carbocycles. The number of rotatable bonds is 4. The number of thiazole rings is 1. The molecular formula is C16H21N5O3S2. The maximum absolute atomic E-state index is 12.7. The van der Waals surface area contributed by atoms with E-state index < -0.39 is 10.0 Å². The van der Waals surface area contributed by atoms with Crippen LogP contribution < -0.4 is 9.80 Å². The molecule has 8 nitrogen and oxygen atoms in total. The molecule has 0 bridgehead atoms. The predicted molar refractivity (Wildman–Crippen MR) is 100 cm³/mol. The average molecular weight is 396 g/mol. The molecule has 0 N–H and O–H groups in total. The third kappa shape index (κ3) is 3.54. The van der Waals surface area contributed by atoms with Crippen LogP contribution in [-0.2, 0) is 14.8 Å². The van der Waals surface area contributed by atoms with Crippen molar-refractivity contribution in [1.29, 1.82) is 0 Å². The molecule has 0 atom stereocenters. The van der Waals surface area contributed by atoms with Crippen molar-refractivity contribution < 1.29 is 13.2 Å². The summed E-state index contributed by atoms with van der Waals surface area (Å²) in [4.78, 5) is 13.4. The van der Waals surface area contributed by atoms with Crippen LogP contribution in [0, 0.1) is 0 Å². The second kappa shape index (κ2) is 7.47. The zero-order valence-corrected chi connectivity index (χ0v) is 16.0. The van der Waals surface area contributed by atoms with E-state index in [1.807, 2.05) is 11.6 Å². The van der Waals surface area contributed by atoms with Gasteiger partial charge >= 0.3 is 0 Å². The molecule has 0 spiro atoms. The summed E-state index contributed by atoms with van der Waals surface area (Å²) in [6.07, 6.45) is 3.29. The van der Waals surface area contributed by atoms with Gasteiger partial charge in [-0.3, -0.25) is 0 Å². The van der Waals surface area contributed by atoms with Crippen LogP contribution in [0.3, 0.4) is 0 Å². The van der Waals surface area contributed by atoms with E-state index in [1.54, 1.807) is 23.5 Å². The van der Waals surface area contributed by atoms with Gasteiger partial charge in [-0.25, -0.2) is 18.4 Å². The van der Waals surface area contributed by atoms with Crippen LogP contribution in [-0.4, -0.2) is 75.2 Å². The molecule has 0 radical (unpaired) electrons. The second-order valence-electron chi connectivity index (χ2n) is 6.16. The van der Waals surface area contributed by atoms with Gasteiger partial charge in [-0.15, -0.1) is 11.3 Å². The van der Waals surface area contributed by atoms with Crippen LogP contribution in [0.15, 0.2) is 34.8 Å². The van der Waals surface area contributed by atoms with Crippen LogP contribution in [0.1, 0.15) is 0 Å². The van der Waals surface area contributed by atoms with Gasteiger partial charge in [-0.2, -0.15) is 4.31 Å². The van der Waals surface area contributed by atoms with Crippen molar-refractivity contribution in [2.75, 3.05) is 62.3 Å². The number of hydrogen-bond acceptors (Lipinski definition) is 8. The highest BCUT2D eigenvalue weighted by atomic mass is 32.2. The Bertz CT molecular complexity index is 812. The van der Waals surface area contributed by atoms with E-state index in [1.165, 1.54) is 10.5 Å². The molecule has 2 aromatic heterocycles. The summed E-state index contributed by atoms with van der Waals surface area (Å²) in [6.45, 7) is 5.09. The monoisotopic (exact) mass is 395 g/mol. The molecule has 0 aromatic carbocycles. The van der Waals surface area contributed by atoms with E-state index in [0.29, 0.717) is 26.3 Å². The van der Waals surface area contributed by atoms with Crippen molar-refractivity contribution in [1.82, 2.24) is 14.3 Å². The molecule has 4 heterocycles. The minimum Gasteiger partial charge on any atom is -0.379 e. The number of nitrogens with zero attached hydrogens (tertiary/aromatic N) is 5. The van der Waals surface area contributed by atoms with Crippen molar-refractivity contribution in [2.24, 2.45) is 0 Å². The highest BCUT2D eigenvalue weighted by Crippen LogP contribution is 2.22. The van der Waals surface area contributed by atoms with Crippen molar-refractivity contribution >= 4 is 32.3 Å². The zero-order chi connectivity index (χ0) is 18.0. The number of pyridine rings is 1. The normalized spacial score (nSPS) is 19.7.